The molecule has 1 N–H and O–H groups in total. The van der Waals surface area contributed by atoms with Crippen LogP contribution < -0.4 is 10.6 Å². The normalized spacial score (nSPS) is 26.3. The van der Waals surface area contributed by atoms with Gasteiger partial charge >= 0.3 is 157 Å². The van der Waals surface area contributed by atoms with E-state index in [2.05, 4.69) is 80.6 Å². The summed E-state index contributed by atoms with van der Waals surface area (Å²) in [5.74, 6) is 0.342. The molecule has 1 saturated heterocycles. The van der Waals surface area contributed by atoms with E-state index in [0.29, 0.717) is 5.92 Å². The van der Waals surface area contributed by atoms with Crippen LogP contribution in [0.3, 0.4) is 0 Å². The Labute approximate surface area is 157 Å². The number of hydrogen-bond acceptors (Lipinski definition) is 1. The summed E-state index contributed by atoms with van der Waals surface area (Å²) in [5.41, 5.74) is 0.126. The van der Waals surface area contributed by atoms with Gasteiger partial charge in [0.05, 0.1) is 0 Å². The Balaban J connectivity index is 2.09. The van der Waals surface area contributed by atoms with Crippen LogP contribution in [-0.2, 0) is 0 Å². The Kier molecular flexibility index (Phi) is 4.21. The fourth-order valence-corrected chi connectivity index (χ4v) is 11.9. The molecule has 136 valence electrons. The van der Waals surface area contributed by atoms with Crippen LogP contribution in [0.2, 0.25) is 0 Å². The Hall–Kier alpha value is -1.69. The van der Waals surface area contributed by atoms with E-state index in [9.17, 15) is 4.89 Å². The molecule has 0 spiro atoms. The number of fused-ring (bicyclic) bond motifs is 1. The second-order valence-corrected chi connectivity index (χ2v) is 12.3. The molecule has 0 aromatic heterocycles. The van der Waals surface area contributed by atoms with Crippen LogP contribution in [-0.4, -0.2) is 11.1 Å². The minimum atomic E-state index is -3.43. The molecule has 2 aromatic carbocycles. The maximum atomic E-state index is 13.0. The van der Waals surface area contributed by atoms with Crippen molar-refractivity contribution in [3.05, 3.63) is 84.2 Å². The minimum absolute atomic E-state index is 0.126. The first kappa shape index (κ1) is 17.7. The van der Waals surface area contributed by atoms with Gasteiger partial charge in [0, 0.05) is 0 Å². The van der Waals surface area contributed by atoms with Gasteiger partial charge in [-0.15, -0.1) is 0 Å². The van der Waals surface area contributed by atoms with E-state index < -0.39 is 6.83 Å². The first-order chi connectivity index (χ1) is 12.6. The van der Waals surface area contributed by atoms with Crippen molar-refractivity contribution < 1.29 is 4.89 Å². The van der Waals surface area contributed by atoms with E-state index in [1.807, 2.05) is 12.1 Å². The van der Waals surface area contributed by atoms with E-state index in [0.717, 1.165) is 36.0 Å². The third-order valence-corrected chi connectivity index (χ3v) is 12.6. The molecule has 1 aliphatic heterocycles. The summed E-state index contributed by atoms with van der Waals surface area (Å²) in [6, 6.07) is 21.0. The van der Waals surface area contributed by atoms with Gasteiger partial charge in [0.2, 0.25) is 0 Å². The van der Waals surface area contributed by atoms with Crippen molar-refractivity contribution >= 4 is 17.4 Å². The van der Waals surface area contributed by atoms with Crippen molar-refractivity contribution in [1.29, 1.82) is 0 Å². The van der Waals surface area contributed by atoms with E-state index in [1.165, 1.54) is 5.31 Å². The van der Waals surface area contributed by atoms with E-state index in [-0.39, 0.29) is 5.41 Å². The van der Waals surface area contributed by atoms with Crippen LogP contribution in [0.5, 0.6) is 0 Å². The van der Waals surface area contributed by atoms with Crippen LogP contribution >= 0.6 is 6.83 Å². The van der Waals surface area contributed by atoms with Gasteiger partial charge in [0.15, 0.2) is 0 Å². The summed E-state index contributed by atoms with van der Waals surface area (Å²) in [5, 5.41) is 3.56. The average Bonchev–Trinajstić information content (AvgIpc) is 2.98. The third-order valence-electron chi connectivity index (χ3n) is 6.98. The zero-order chi connectivity index (χ0) is 18.3. The zero-order valence-corrected chi connectivity index (χ0v) is 16.7. The molecule has 4 rings (SSSR count). The molecule has 1 atom stereocenters. The van der Waals surface area contributed by atoms with E-state index in [4.69, 9.17) is 0 Å². The molecule has 2 aromatic rings. The van der Waals surface area contributed by atoms with E-state index >= 15 is 0 Å². The second-order valence-electron chi connectivity index (χ2n) is 7.92. The molecular formula is C24H29OP. The molecule has 26 heavy (non-hydrogen) atoms. The summed E-state index contributed by atoms with van der Waals surface area (Å²) in [6.45, 7) is 1.17. The van der Waals surface area contributed by atoms with Crippen LogP contribution in [0, 0.1) is 11.3 Å². The van der Waals surface area contributed by atoms with Crippen LogP contribution in [0.4, 0.5) is 0 Å². The van der Waals surface area contributed by atoms with Gasteiger partial charge in [0.25, 0.3) is 0 Å². The Morgan fingerprint density at radius 2 is 1.46 bits per heavy atom. The van der Waals surface area contributed by atoms with Gasteiger partial charge in [-0.1, -0.05) is 0 Å². The molecule has 0 bridgehead atoms. The molecule has 1 aliphatic carbocycles. The summed E-state index contributed by atoms with van der Waals surface area (Å²) in [4.78, 5) is 13.0. The van der Waals surface area contributed by atoms with Crippen LogP contribution in [0.15, 0.2) is 84.2 Å². The molecule has 1 heterocycles. The number of benzene rings is 2. The van der Waals surface area contributed by atoms with Crippen LogP contribution in [0.1, 0.15) is 33.1 Å². The van der Waals surface area contributed by atoms with Crippen LogP contribution in [0.25, 0.3) is 0 Å². The van der Waals surface area contributed by atoms with Crippen molar-refractivity contribution in [1.82, 2.24) is 0 Å². The topological polar surface area (TPSA) is 20.2 Å². The summed E-state index contributed by atoms with van der Waals surface area (Å²) < 4.78 is 0. The molecule has 1 unspecified atom stereocenters. The van der Waals surface area contributed by atoms with Crippen molar-refractivity contribution in [2.45, 2.75) is 33.1 Å². The predicted octanol–water partition coefficient (Wildman–Crippen LogP) is 5.38. The fraction of sp³-hybridized carbons (Fsp3) is 0.333. The maximum absolute atomic E-state index is 13.0. The predicted molar refractivity (Wildman–Crippen MR) is 115 cm³/mol. The molecule has 2 heteroatoms. The molecule has 0 radical (unpaired) electrons. The summed E-state index contributed by atoms with van der Waals surface area (Å²) in [6.07, 6.45) is 11.0. The quantitative estimate of drug-likeness (QED) is 0.571. The molecule has 2 aliphatic rings. The van der Waals surface area contributed by atoms with Gasteiger partial charge in [0.1, 0.15) is 0 Å². The second kappa shape index (κ2) is 6.19. The first-order valence-electron chi connectivity index (χ1n) is 9.83. The van der Waals surface area contributed by atoms with Gasteiger partial charge in [-0.05, 0) is 0 Å². The van der Waals surface area contributed by atoms with Crippen molar-refractivity contribution in [2.24, 2.45) is 11.3 Å². The average molecular weight is 364 g/mol. The molecule has 0 amide bonds. The standard InChI is InChI=1S/C24H29OP/c1-3-24(4-2)19-26(25,20-13-7-5-8-14-20,21-15-9-6-10-16-21)23-18-12-11-17-22(23)24/h5-11,13-18,22,25H,3-4,12,19H2,1-2H3. The Morgan fingerprint density at radius 3 is 1.96 bits per heavy atom. The monoisotopic (exact) mass is 364 g/mol. The zero-order valence-electron chi connectivity index (χ0n) is 15.8. The molecule has 1 fully saturated rings. The Bertz CT molecular complexity index is 807. The number of rotatable bonds is 4. The van der Waals surface area contributed by atoms with E-state index in [1.54, 1.807) is 0 Å². The van der Waals surface area contributed by atoms with Crippen molar-refractivity contribution in [3.8, 4) is 0 Å². The van der Waals surface area contributed by atoms with Crippen molar-refractivity contribution in [2.75, 3.05) is 6.16 Å². The fourth-order valence-electron chi connectivity index (χ4n) is 5.49. The van der Waals surface area contributed by atoms with Gasteiger partial charge < -0.3 is 0 Å². The number of hydrogen-bond donors (Lipinski definition) is 1. The SMILES string of the molecule is CCC1(CC)CP(O)(c2ccccc2)(c2ccccc2)C2=CCC=CC21. The van der Waals surface area contributed by atoms with Gasteiger partial charge in [-0.2, -0.15) is 0 Å². The number of allylic oxidation sites excluding steroid dienone is 4. The Morgan fingerprint density at radius 1 is 0.923 bits per heavy atom. The summed E-state index contributed by atoms with van der Waals surface area (Å²) >= 11 is 0. The third kappa shape index (κ3) is 2.17. The molecule has 0 saturated carbocycles. The van der Waals surface area contributed by atoms with Gasteiger partial charge in [-0.25, -0.2) is 0 Å². The molecular weight excluding hydrogens is 335 g/mol. The molecule has 1 nitrogen and oxygen atoms in total. The van der Waals surface area contributed by atoms with Gasteiger partial charge in [-0.3, -0.25) is 0 Å². The van der Waals surface area contributed by atoms with Crippen molar-refractivity contribution in [3.63, 3.8) is 0 Å². The first-order valence-corrected chi connectivity index (χ1v) is 12.2. The summed E-state index contributed by atoms with van der Waals surface area (Å²) in [7, 11) is 0.